The lowest BCUT2D eigenvalue weighted by atomic mass is 10.2. The van der Waals surface area contributed by atoms with E-state index in [0.717, 1.165) is 25.7 Å². The number of carbonyl (C=O) groups excluding carboxylic acids is 1. The molecular formula is C16H24N2O4S. The van der Waals surface area contributed by atoms with Crippen LogP contribution in [-0.4, -0.2) is 37.8 Å². The molecule has 7 heteroatoms. The molecule has 1 aliphatic carbocycles. The van der Waals surface area contributed by atoms with E-state index in [1.165, 1.54) is 28.6 Å². The lowest BCUT2D eigenvalue weighted by Crippen LogP contribution is -2.31. The Kier molecular flexibility index (Phi) is 6.15. The number of nitrogens with one attached hydrogen (secondary N) is 1. The SMILES string of the molecule is CCN(CC)S(=O)(=O)c1ccc(C(=O)NOC2CCCC2)cc1. The minimum Gasteiger partial charge on any atom is -0.270 e. The second-order valence-corrected chi connectivity index (χ2v) is 7.51. The highest BCUT2D eigenvalue weighted by Gasteiger charge is 2.22. The van der Waals surface area contributed by atoms with E-state index >= 15 is 0 Å². The molecule has 1 aromatic rings. The van der Waals surface area contributed by atoms with Gasteiger partial charge < -0.3 is 0 Å². The minimum absolute atomic E-state index is 0.0845. The Bertz CT molecular complexity index is 618. The second kappa shape index (κ2) is 7.90. The summed E-state index contributed by atoms with van der Waals surface area (Å²) in [4.78, 5) is 17.6. The van der Waals surface area contributed by atoms with Crippen molar-refractivity contribution in [2.24, 2.45) is 0 Å². The molecule has 1 aliphatic rings. The summed E-state index contributed by atoms with van der Waals surface area (Å²) in [5, 5.41) is 0. The zero-order valence-electron chi connectivity index (χ0n) is 13.6. The van der Waals surface area contributed by atoms with Crippen LogP contribution >= 0.6 is 0 Å². The van der Waals surface area contributed by atoms with Crippen LogP contribution in [0.2, 0.25) is 0 Å². The molecular weight excluding hydrogens is 316 g/mol. The molecule has 0 unspecified atom stereocenters. The van der Waals surface area contributed by atoms with Crippen LogP contribution in [-0.2, 0) is 14.9 Å². The normalized spacial score (nSPS) is 16.0. The minimum atomic E-state index is -3.50. The zero-order valence-corrected chi connectivity index (χ0v) is 14.4. The fourth-order valence-electron chi connectivity index (χ4n) is 2.69. The maximum absolute atomic E-state index is 12.4. The van der Waals surface area contributed by atoms with E-state index in [0.29, 0.717) is 18.7 Å². The first-order valence-corrected chi connectivity index (χ1v) is 9.49. The monoisotopic (exact) mass is 340 g/mol. The molecule has 1 N–H and O–H groups in total. The zero-order chi connectivity index (χ0) is 16.9. The van der Waals surface area contributed by atoms with Crippen molar-refractivity contribution in [3.05, 3.63) is 29.8 Å². The topological polar surface area (TPSA) is 75.7 Å². The molecule has 0 heterocycles. The molecule has 1 saturated carbocycles. The van der Waals surface area contributed by atoms with Crippen LogP contribution in [0.4, 0.5) is 0 Å². The van der Waals surface area contributed by atoms with Crippen molar-refractivity contribution in [3.8, 4) is 0 Å². The van der Waals surface area contributed by atoms with Crippen LogP contribution in [0.25, 0.3) is 0 Å². The van der Waals surface area contributed by atoms with Crippen molar-refractivity contribution in [1.29, 1.82) is 0 Å². The molecule has 1 aromatic carbocycles. The number of hydroxylamine groups is 1. The van der Waals surface area contributed by atoms with Crippen molar-refractivity contribution < 1.29 is 18.0 Å². The third-order valence-corrected chi connectivity index (χ3v) is 6.14. The van der Waals surface area contributed by atoms with Gasteiger partial charge in [0.15, 0.2) is 0 Å². The largest absolute Gasteiger partial charge is 0.274 e. The van der Waals surface area contributed by atoms with Crippen LogP contribution in [0, 0.1) is 0 Å². The molecule has 0 aromatic heterocycles. The molecule has 0 bridgehead atoms. The van der Waals surface area contributed by atoms with Gasteiger partial charge in [-0.1, -0.05) is 26.7 Å². The van der Waals surface area contributed by atoms with Crippen molar-refractivity contribution in [2.45, 2.75) is 50.5 Å². The van der Waals surface area contributed by atoms with Gasteiger partial charge >= 0.3 is 0 Å². The van der Waals surface area contributed by atoms with Crippen LogP contribution in [0.3, 0.4) is 0 Å². The van der Waals surface area contributed by atoms with Crippen LogP contribution in [0.5, 0.6) is 0 Å². The van der Waals surface area contributed by atoms with Gasteiger partial charge in [0.05, 0.1) is 11.0 Å². The van der Waals surface area contributed by atoms with Gasteiger partial charge in [-0.05, 0) is 37.1 Å². The highest BCUT2D eigenvalue weighted by molar-refractivity contribution is 7.89. The average molecular weight is 340 g/mol. The Labute approximate surface area is 137 Å². The average Bonchev–Trinajstić information content (AvgIpc) is 3.07. The van der Waals surface area contributed by atoms with Crippen LogP contribution in [0.1, 0.15) is 49.9 Å². The van der Waals surface area contributed by atoms with Gasteiger partial charge in [-0.2, -0.15) is 4.31 Å². The molecule has 0 spiro atoms. The van der Waals surface area contributed by atoms with E-state index in [1.54, 1.807) is 13.8 Å². The fourth-order valence-corrected chi connectivity index (χ4v) is 4.15. The number of sulfonamides is 1. The summed E-state index contributed by atoms with van der Waals surface area (Å²) in [6, 6.07) is 5.92. The quantitative estimate of drug-likeness (QED) is 0.773. The summed E-state index contributed by atoms with van der Waals surface area (Å²) in [7, 11) is -3.50. The van der Waals surface area contributed by atoms with E-state index in [4.69, 9.17) is 4.84 Å². The molecule has 0 aliphatic heterocycles. The van der Waals surface area contributed by atoms with Gasteiger partial charge in [0.1, 0.15) is 0 Å². The number of hydrogen-bond acceptors (Lipinski definition) is 4. The first kappa shape index (κ1) is 17.9. The summed E-state index contributed by atoms with van der Waals surface area (Å²) < 4.78 is 26.1. The summed E-state index contributed by atoms with van der Waals surface area (Å²) in [6.07, 6.45) is 4.25. The van der Waals surface area contributed by atoms with Gasteiger partial charge in [0.2, 0.25) is 10.0 Å². The molecule has 1 fully saturated rings. The molecule has 2 rings (SSSR count). The number of benzene rings is 1. The van der Waals surface area contributed by atoms with Crippen molar-refractivity contribution in [3.63, 3.8) is 0 Å². The molecule has 23 heavy (non-hydrogen) atoms. The summed E-state index contributed by atoms with van der Waals surface area (Å²) in [5.41, 5.74) is 2.82. The maximum atomic E-state index is 12.4. The molecule has 128 valence electrons. The lowest BCUT2D eigenvalue weighted by molar-refractivity contribution is -0.0124. The van der Waals surface area contributed by atoms with Gasteiger partial charge in [-0.25, -0.2) is 13.9 Å². The fraction of sp³-hybridized carbons (Fsp3) is 0.562. The standard InChI is InChI=1S/C16H24N2O4S/c1-3-18(4-2)23(20,21)15-11-9-13(10-12-15)16(19)17-22-14-7-5-6-8-14/h9-12,14H,3-8H2,1-2H3,(H,17,19). The highest BCUT2D eigenvalue weighted by atomic mass is 32.2. The molecule has 0 radical (unpaired) electrons. The van der Waals surface area contributed by atoms with E-state index in [9.17, 15) is 13.2 Å². The van der Waals surface area contributed by atoms with E-state index in [2.05, 4.69) is 5.48 Å². The predicted octanol–water partition coefficient (Wildman–Crippen LogP) is 2.32. The molecule has 0 saturated heterocycles. The number of rotatable bonds is 7. The third-order valence-electron chi connectivity index (χ3n) is 4.08. The van der Waals surface area contributed by atoms with Crippen molar-refractivity contribution >= 4 is 15.9 Å². The predicted molar refractivity (Wildman–Crippen MR) is 87.4 cm³/mol. The maximum Gasteiger partial charge on any atom is 0.274 e. The summed E-state index contributed by atoms with van der Waals surface area (Å²) in [6.45, 7) is 4.42. The Hall–Kier alpha value is -1.44. The smallest absolute Gasteiger partial charge is 0.270 e. The summed E-state index contributed by atoms with van der Waals surface area (Å²) in [5.74, 6) is -0.358. The van der Waals surface area contributed by atoms with Gasteiger partial charge in [-0.3, -0.25) is 9.63 Å². The molecule has 6 nitrogen and oxygen atoms in total. The molecule has 1 amide bonds. The van der Waals surface area contributed by atoms with E-state index < -0.39 is 10.0 Å². The third kappa shape index (κ3) is 4.31. The highest BCUT2D eigenvalue weighted by Crippen LogP contribution is 2.20. The molecule has 0 atom stereocenters. The Balaban J connectivity index is 2.02. The first-order valence-electron chi connectivity index (χ1n) is 8.05. The van der Waals surface area contributed by atoms with E-state index in [-0.39, 0.29) is 16.9 Å². The van der Waals surface area contributed by atoms with Gasteiger partial charge in [0, 0.05) is 18.7 Å². The van der Waals surface area contributed by atoms with Crippen LogP contribution in [0.15, 0.2) is 29.2 Å². The lowest BCUT2D eigenvalue weighted by Gasteiger charge is -2.18. The van der Waals surface area contributed by atoms with Gasteiger partial charge in [0.25, 0.3) is 5.91 Å². The number of hydrogen-bond donors (Lipinski definition) is 1. The number of nitrogens with zero attached hydrogens (tertiary/aromatic N) is 1. The van der Waals surface area contributed by atoms with E-state index in [1.807, 2.05) is 0 Å². The number of amides is 1. The second-order valence-electron chi connectivity index (χ2n) is 5.57. The first-order chi connectivity index (χ1) is 11.0. The summed E-state index contributed by atoms with van der Waals surface area (Å²) >= 11 is 0. The van der Waals surface area contributed by atoms with Crippen molar-refractivity contribution in [1.82, 2.24) is 9.79 Å². The van der Waals surface area contributed by atoms with Crippen LogP contribution < -0.4 is 5.48 Å². The Morgan fingerprint density at radius 2 is 1.74 bits per heavy atom. The number of carbonyl (C=O) groups is 1. The Morgan fingerprint density at radius 1 is 1.17 bits per heavy atom. The van der Waals surface area contributed by atoms with Crippen molar-refractivity contribution in [2.75, 3.05) is 13.1 Å². The Morgan fingerprint density at radius 3 is 2.26 bits per heavy atom. The van der Waals surface area contributed by atoms with Gasteiger partial charge in [-0.15, -0.1) is 0 Å².